The molecule has 0 saturated heterocycles. The SMILES string of the molecule is C=C(/C=C(\OC)C1(C(F)(F)F)CC1)CC(=C)Cc1ccc(-c2cnc3cc(CCCCC)c(C)cc3c2)cc1F. The van der Waals surface area contributed by atoms with Crippen molar-refractivity contribution < 1.29 is 22.3 Å². The highest BCUT2D eigenvalue weighted by Crippen LogP contribution is 2.62. The van der Waals surface area contributed by atoms with Crippen LogP contribution in [0.2, 0.25) is 0 Å². The van der Waals surface area contributed by atoms with Gasteiger partial charge >= 0.3 is 6.18 Å². The molecule has 1 aliphatic rings. The number of nitrogens with zero attached hydrogens (tertiary/aromatic N) is 1. The number of ether oxygens (including phenoxy) is 1. The fraction of sp³-hybridized carbons (Fsp3) is 0.382. The molecule has 0 radical (unpaired) electrons. The van der Waals surface area contributed by atoms with Crippen LogP contribution < -0.4 is 0 Å². The lowest BCUT2D eigenvalue weighted by atomic mass is 9.95. The zero-order valence-electron chi connectivity index (χ0n) is 23.6. The smallest absolute Gasteiger partial charge is 0.401 e. The quantitative estimate of drug-likeness (QED) is 0.0735. The molecule has 0 unspecified atom stereocenters. The van der Waals surface area contributed by atoms with Crippen molar-refractivity contribution in [2.24, 2.45) is 5.41 Å². The molecule has 4 rings (SSSR count). The highest BCUT2D eigenvalue weighted by atomic mass is 19.4. The monoisotopic (exact) mass is 551 g/mol. The minimum atomic E-state index is -4.37. The average molecular weight is 552 g/mol. The van der Waals surface area contributed by atoms with Gasteiger partial charge in [0.15, 0.2) is 0 Å². The number of benzene rings is 2. The van der Waals surface area contributed by atoms with E-state index < -0.39 is 11.6 Å². The van der Waals surface area contributed by atoms with Crippen LogP contribution in [-0.4, -0.2) is 18.3 Å². The third-order valence-corrected chi connectivity index (χ3v) is 7.81. The number of rotatable bonds is 12. The molecule has 1 aromatic heterocycles. The Balaban J connectivity index is 1.44. The minimum absolute atomic E-state index is 0.00831. The largest absolute Gasteiger partial charge is 0.500 e. The van der Waals surface area contributed by atoms with Gasteiger partial charge in [0.2, 0.25) is 0 Å². The Morgan fingerprint density at radius 3 is 2.42 bits per heavy atom. The van der Waals surface area contributed by atoms with Crippen LogP contribution in [0.15, 0.2) is 78.7 Å². The van der Waals surface area contributed by atoms with Gasteiger partial charge in [0.05, 0.1) is 12.6 Å². The lowest BCUT2D eigenvalue weighted by Gasteiger charge is -2.22. The summed E-state index contributed by atoms with van der Waals surface area (Å²) in [5.41, 5.74) is 4.70. The summed E-state index contributed by atoms with van der Waals surface area (Å²) in [7, 11) is 1.24. The van der Waals surface area contributed by atoms with Crippen molar-refractivity contribution in [1.29, 1.82) is 0 Å². The Bertz CT molecular complexity index is 1450. The first kappa shape index (κ1) is 29.6. The van der Waals surface area contributed by atoms with Crippen molar-refractivity contribution in [1.82, 2.24) is 4.98 Å². The maximum Gasteiger partial charge on any atom is 0.401 e. The number of pyridine rings is 1. The van der Waals surface area contributed by atoms with E-state index in [1.165, 1.54) is 43.2 Å². The normalized spacial score (nSPS) is 14.8. The van der Waals surface area contributed by atoms with E-state index in [-0.39, 0.29) is 37.3 Å². The van der Waals surface area contributed by atoms with Gasteiger partial charge in [-0.3, -0.25) is 4.98 Å². The van der Waals surface area contributed by atoms with E-state index >= 15 is 4.39 Å². The van der Waals surface area contributed by atoms with Gasteiger partial charge in [-0.1, -0.05) is 50.6 Å². The maximum absolute atomic E-state index is 15.1. The molecule has 3 aromatic rings. The van der Waals surface area contributed by atoms with Crippen LogP contribution in [0, 0.1) is 18.2 Å². The van der Waals surface area contributed by atoms with Gasteiger partial charge in [-0.2, -0.15) is 13.2 Å². The van der Waals surface area contributed by atoms with Crippen molar-refractivity contribution in [2.75, 3.05) is 7.11 Å². The Morgan fingerprint density at radius 1 is 1.05 bits per heavy atom. The van der Waals surface area contributed by atoms with Crippen LogP contribution in [0.3, 0.4) is 0 Å². The first-order valence-electron chi connectivity index (χ1n) is 13.8. The van der Waals surface area contributed by atoms with Gasteiger partial charge in [-0.15, -0.1) is 0 Å². The van der Waals surface area contributed by atoms with Gasteiger partial charge in [-0.25, -0.2) is 4.39 Å². The Kier molecular flexibility index (Phi) is 8.86. The van der Waals surface area contributed by atoms with E-state index in [0.29, 0.717) is 16.7 Å². The summed E-state index contributed by atoms with van der Waals surface area (Å²) in [6.07, 6.45) is 3.88. The summed E-state index contributed by atoms with van der Waals surface area (Å²) in [5, 5.41) is 1.02. The zero-order chi connectivity index (χ0) is 29.1. The summed E-state index contributed by atoms with van der Waals surface area (Å²) in [5.74, 6) is -0.492. The standard InChI is InChI=1S/C34H37F4NO/c1-6-7-8-9-25-20-31-28(17-24(25)4)18-29(21-39-31)26-10-11-27(30(35)19-26)15-22(2)14-23(3)16-32(40-5)33(12-13-33)34(36,37)38/h10-11,16-21H,2-3,6-9,12-15H2,1,4-5H3/b32-16-. The summed E-state index contributed by atoms with van der Waals surface area (Å²) in [6.45, 7) is 12.2. The molecule has 1 saturated carbocycles. The first-order valence-corrected chi connectivity index (χ1v) is 13.8. The average Bonchev–Trinajstić information content (AvgIpc) is 3.71. The first-order chi connectivity index (χ1) is 19.0. The molecule has 0 bridgehead atoms. The van der Waals surface area contributed by atoms with E-state index in [1.54, 1.807) is 12.3 Å². The fourth-order valence-corrected chi connectivity index (χ4v) is 5.27. The molecular weight excluding hydrogens is 514 g/mol. The van der Waals surface area contributed by atoms with E-state index in [9.17, 15) is 13.2 Å². The molecule has 40 heavy (non-hydrogen) atoms. The van der Waals surface area contributed by atoms with Gasteiger partial charge in [0.1, 0.15) is 17.0 Å². The van der Waals surface area contributed by atoms with E-state index in [0.717, 1.165) is 34.9 Å². The minimum Gasteiger partial charge on any atom is -0.500 e. The number of alkyl halides is 3. The van der Waals surface area contributed by atoms with Crippen LogP contribution in [0.4, 0.5) is 17.6 Å². The molecule has 2 aromatic carbocycles. The number of hydrogen-bond acceptors (Lipinski definition) is 2. The molecule has 1 aliphatic carbocycles. The summed E-state index contributed by atoms with van der Waals surface area (Å²) in [4.78, 5) is 4.66. The lowest BCUT2D eigenvalue weighted by molar-refractivity contribution is -0.184. The number of aromatic nitrogens is 1. The second-order valence-corrected chi connectivity index (χ2v) is 11.0. The van der Waals surface area contributed by atoms with Crippen LogP contribution in [-0.2, 0) is 17.6 Å². The number of allylic oxidation sites excluding steroid dienone is 4. The molecule has 0 aliphatic heterocycles. The predicted octanol–water partition coefficient (Wildman–Crippen LogP) is 10.00. The second-order valence-electron chi connectivity index (χ2n) is 11.0. The zero-order valence-corrected chi connectivity index (χ0v) is 23.6. The maximum atomic E-state index is 15.1. The number of methoxy groups -OCH3 is 1. The van der Waals surface area contributed by atoms with Gasteiger partial charge in [0.25, 0.3) is 0 Å². The number of halogens is 4. The third-order valence-electron chi connectivity index (χ3n) is 7.81. The lowest BCUT2D eigenvalue weighted by Crippen LogP contribution is -2.27. The molecule has 0 atom stereocenters. The predicted molar refractivity (Wildman–Crippen MR) is 155 cm³/mol. The molecule has 6 heteroatoms. The number of hydrogen-bond donors (Lipinski definition) is 0. The van der Waals surface area contributed by atoms with Crippen molar-refractivity contribution in [3.8, 4) is 11.1 Å². The van der Waals surface area contributed by atoms with Gasteiger partial charge < -0.3 is 4.74 Å². The summed E-state index contributed by atoms with van der Waals surface area (Å²) < 4.78 is 60.7. The van der Waals surface area contributed by atoms with E-state index in [1.807, 2.05) is 12.1 Å². The number of fused-ring (bicyclic) bond motifs is 1. The Hall–Kier alpha value is -3.41. The van der Waals surface area contributed by atoms with Crippen LogP contribution in [0.1, 0.15) is 62.1 Å². The van der Waals surface area contributed by atoms with Crippen molar-refractivity contribution in [3.05, 3.63) is 101 Å². The Labute approximate surface area is 234 Å². The molecule has 212 valence electrons. The molecule has 1 heterocycles. The third kappa shape index (κ3) is 6.48. The molecule has 0 spiro atoms. The fourth-order valence-electron chi connectivity index (χ4n) is 5.27. The number of aryl methyl sites for hydroxylation is 2. The second kappa shape index (κ2) is 12.0. The highest BCUT2D eigenvalue weighted by molar-refractivity contribution is 5.85. The molecule has 0 amide bonds. The number of unbranched alkanes of at least 4 members (excludes halogenated alkanes) is 2. The van der Waals surface area contributed by atoms with Gasteiger partial charge in [0, 0.05) is 17.1 Å². The topological polar surface area (TPSA) is 22.1 Å². The van der Waals surface area contributed by atoms with Crippen LogP contribution in [0.25, 0.3) is 22.0 Å². The van der Waals surface area contributed by atoms with Gasteiger partial charge in [-0.05, 0) is 104 Å². The highest BCUT2D eigenvalue weighted by Gasteiger charge is 2.66. The molecule has 1 fully saturated rings. The Morgan fingerprint density at radius 2 is 1.80 bits per heavy atom. The summed E-state index contributed by atoms with van der Waals surface area (Å²) >= 11 is 0. The molecular formula is C34H37F4NO. The molecule has 2 nitrogen and oxygen atoms in total. The van der Waals surface area contributed by atoms with Crippen LogP contribution >= 0.6 is 0 Å². The van der Waals surface area contributed by atoms with Crippen molar-refractivity contribution in [3.63, 3.8) is 0 Å². The van der Waals surface area contributed by atoms with Crippen molar-refractivity contribution in [2.45, 2.75) is 71.4 Å². The molecule has 0 N–H and O–H groups in total. The summed E-state index contributed by atoms with van der Waals surface area (Å²) in [6, 6.07) is 11.4. The van der Waals surface area contributed by atoms with Crippen molar-refractivity contribution >= 4 is 10.9 Å². The van der Waals surface area contributed by atoms with E-state index in [4.69, 9.17) is 4.74 Å². The van der Waals surface area contributed by atoms with Crippen LogP contribution in [0.5, 0.6) is 0 Å². The van der Waals surface area contributed by atoms with E-state index in [2.05, 4.69) is 44.1 Å².